The number of carbonyl (C=O) groups excluding carboxylic acids is 1. The molecular formula is C28H29F3N3O5S-. The van der Waals surface area contributed by atoms with E-state index in [-0.39, 0.29) is 44.7 Å². The van der Waals surface area contributed by atoms with Crippen LogP contribution in [0.15, 0.2) is 47.4 Å². The summed E-state index contributed by atoms with van der Waals surface area (Å²) in [4.78, 5) is 21.4. The summed E-state index contributed by atoms with van der Waals surface area (Å²) in [5.41, 5.74) is -0.948. The minimum Gasteiger partial charge on any atom is -0.545 e. The Hall–Kier alpha value is -3.06. The number of sulfone groups is 1. The summed E-state index contributed by atoms with van der Waals surface area (Å²) in [5.74, 6) is -1.62. The number of nitrogens with zero attached hydrogens (tertiary/aromatic N) is 3. The van der Waals surface area contributed by atoms with Gasteiger partial charge < -0.3 is 14.6 Å². The van der Waals surface area contributed by atoms with Gasteiger partial charge in [-0.2, -0.15) is 13.2 Å². The molecule has 2 saturated heterocycles. The summed E-state index contributed by atoms with van der Waals surface area (Å²) in [6, 6.07) is 9.08. The van der Waals surface area contributed by atoms with E-state index in [1.807, 2.05) is 4.90 Å². The Balaban J connectivity index is 1.63. The number of rotatable bonds is 6. The van der Waals surface area contributed by atoms with E-state index in [4.69, 9.17) is 4.74 Å². The lowest BCUT2D eigenvalue weighted by Gasteiger charge is -2.40. The first-order valence-corrected chi connectivity index (χ1v) is 14.9. The molecule has 0 unspecified atom stereocenters. The van der Waals surface area contributed by atoms with Crippen LogP contribution in [0.4, 0.5) is 13.2 Å². The van der Waals surface area contributed by atoms with E-state index in [9.17, 15) is 31.5 Å². The monoisotopic (exact) mass is 576 g/mol. The highest BCUT2D eigenvalue weighted by Gasteiger charge is 2.32. The van der Waals surface area contributed by atoms with Crippen molar-refractivity contribution < 1.29 is 36.2 Å². The summed E-state index contributed by atoms with van der Waals surface area (Å²) in [6.45, 7) is 4.38. The number of hydrogen-bond donors (Lipinski definition) is 0. The van der Waals surface area contributed by atoms with Gasteiger partial charge in [-0.15, -0.1) is 0 Å². The lowest BCUT2D eigenvalue weighted by atomic mass is 9.94. The van der Waals surface area contributed by atoms with E-state index in [0.717, 1.165) is 44.3 Å². The quantitative estimate of drug-likeness (QED) is 0.442. The molecule has 8 nitrogen and oxygen atoms in total. The molecule has 2 fully saturated rings. The van der Waals surface area contributed by atoms with Crippen molar-refractivity contribution in [1.29, 1.82) is 0 Å². The Bertz CT molecular complexity index is 1530. The van der Waals surface area contributed by atoms with Gasteiger partial charge in [-0.3, -0.25) is 9.80 Å². The second kappa shape index (κ2) is 11.1. The second-order valence-electron chi connectivity index (χ2n) is 10.3. The number of carbonyl (C=O) groups is 1. The number of ether oxygens (including phenoxy) is 1. The molecule has 0 bridgehead atoms. The van der Waals surface area contributed by atoms with Crippen LogP contribution in [0.1, 0.15) is 34.3 Å². The third-order valence-corrected chi connectivity index (χ3v) is 8.78. The first-order chi connectivity index (χ1) is 18.9. The van der Waals surface area contributed by atoms with Gasteiger partial charge in [0, 0.05) is 54.0 Å². The average Bonchev–Trinajstić information content (AvgIpc) is 2.92. The fourth-order valence-corrected chi connectivity index (χ4v) is 6.60. The van der Waals surface area contributed by atoms with Gasteiger partial charge in [0.15, 0.2) is 9.84 Å². The predicted molar refractivity (Wildman–Crippen MR) is 140 cm³/mol. The molecule has 2 aromatic carbocycles. The molecule has 0 radical (unpaired) electrons. The van der Waals surface area contributed by atoms with Crippen LogP contribution < -0.4 is 5.11 Å². The van der Waals surface area contributed by atoms with E-state index >= 15 is 0 Å². The van der Waals surface area contributed by atoms with Crippen molar-refractivity contribution in [3.63, 3.8) is 0 Å². The number of likely N-dealkylation sites (tertiary alicyclic amines) is 1. The third kappa shape index (κ3) is 5.85. The number of morpholine rings is 1. The highest BCUT2D eigenvalue weighted by Crippen LogP contribution is 2.37. The number of carboxylic acids is 1. The first-order valence-electron chi connectivity index (χ1n) is 13.0. The molecule has 0 amide bonds. The zero-order valence-corrected chi connectivity index (χ0v) is 22.7. The van der Waals surface area contributed by atoms with E-state index in [1.54, 1.807) is 0 Å². The number of halogens is 3. The molecule has 40 heavy (non-hydrogen) atoms. The average molecular weight is 577 g/mol. The molecule has 0 saturated carbocycles. The van der Waals surface area contributed by atoms with E-state index < -0.39 is 27.5 Å². The standard InChI is InChI=1S/C28H30F3N3O5S/c1-40(37,38)23-7-3-6-22-25(23)24(27(35)36)21(26(32-22)18-4-2-5-19(16-18)28(29,30)31)17-33-10-8-20(9-11-33)34-12-14-39-15-13-34/h2-7,16,20H,8-15,17H2,1H3,(H,35,36)/p-1. The van der Waals surface area contributed by atoms with Crippen molar-refractivity contribution in [3.05, 3.63) is 59.2 Å². The first kappa shape index (κ1) is 28.5. The van der Waals surface area contributed by atoms with Crippen LogP contribution in [0.25, 0.3) is 22.2 Å². The van der Waals surface area contributed by atoms with Crippen molar-refractivity contribution in [3.8, 4) is 11.3 Å². The number of carboxylic acid groups (broad SMARTS) is 1. The maximum Gasteiger partial charge on any atom is 0.416 e. The molecule has 214 valence electrons. The molecule has 0 atom stereocenters. The maximum atomic E-state index is 13.6. The molecule has 0 N–H and O–H groups in total. The maximum absolute atomic E-state index is 13.6. The minimum absolute atomic E-state index is 0.0457. The zero-order chi connectivity index (χ0) is 28.7. The fraction of sp³-hybridized carbons (Fsp3) is 0.429. The van der Waals surface area contributed by atoms with Gasteiger partial charge in [0.1, 0.15) is 0 Å². The van der Waals surface area contributed by atoms with Crippen LogP contribution in [0.2, 0.25) is 0 Å². The Morgan fingerprint density at radius 1 is 1.07 bits per heavy atom. The lowest BCUT2D eigenvalue weighted by Crippen LogP contribution is -2.48. The van der Waals surface area contributed by atoms with E-state index in [1.165, 1.54) is 30.3 Å². The molecule has 0 spiro atoms. The summed E-state index contributed by atoms with van der Waals surface area (Å²) < 4.78 is 71.4. The number of piperidine rings is 1. The van der Waals surface area contributed by atoms with Crippen LogP contribution >= 0.6 is 0 Å². The van der Waals surface area contributed by atoms with Gasteiger partial charge in [-0.1, -0.05) is 18.2 Å². The van der Waals surface area contributed by atoms with Gasteiger partial charge in [-0.05, 0) is 50.2 Å². The van der Waals surface area contributed by atoms with Crippen LogP contribution in [0.5, 0.6) is 0 Å². The van der Waals surface area contributed by atoms with Crippen LogP contribution in [0.3, 0.4) is 0 Å². The number of benzene rings is 2. The molecule has 3 aromatic rings. The van der Waals surface area contributed by atoms with Crippen molar-refractivity contribution >= 4 is 26.7 Å². The number of fused-ring (bicyclic) bond motifs is 1. The lowest BCUT2D eigenvalue weighted by molar-refractivity contribution is -0.254. The number of hydrogen-bond acceptors (Lipinski definition) is 8. The minimum atomic E-state index is -4.62. The Morgan fingerprint density at radius 3 is 2.38 bits per heavy atom. The molecule has 5 rings (SSSR count). The molecule has 2 aliphatic heterocycles. The van der Waals surface area contributed by atoms with Crippen molar-refractivity contribution in [2.24, 2.45) is 0 Å². The Labute approximate surface area is 230 Å². The Morgan fingerprint density at radius 2 is 1.75 bits per heavy atom. The van der Waals surface area contributed by atoms with Crippen LogP contribution in [-0.4, -0.2) is 80.9 Å². The van der Waals surface area contributed by atoms with Gasteiger partial charge in [0.05, 0.1) is 40.9 Å². The van der Waals surface area contributed by atoms with Gasteiger partial charge in [0.2, 0.25) is 0 Å². The highest BCUT2D eigenvalue weighted by atomic mass is 32.2. The zero-order valence-electron chi connectivity index (χ0n) is 21.9. The Kier molecular flexibility index (Phi) is 7.88. The normalized spacial score (nSPS) is 18.3. The van der Waals surface area contributed by atoms with Gasteiger partial charge in [0.25, 0.3) is 0 Å². The number of aromatic nitrogens is 1. The number of alkyl halides is 3. The smallest absolute Gasteiger partial charge is 0.416 e. The van der Waals surface area contributed by atoms with Gasteiger partial charge >= 0.3 is 6.18 Å². The molecule has 3 heterocycles. The van der Waals surface area contributed by atoms with Crippen molar-refractivity contribution in [2.75, 3.05) is 45.6 Å². The predicted octanol–water partition coefficient (Wildman–Crippen LogP) is 2.98. The molecule has 1 aromatic heterocycles. The SMILES string of the molecule is CS(=O)(=O)c1cccc2nc(-c3cccc(C(F)(F)F)c3)c(CN3CCC(N4CCOCC4)CC3)c(C(=O)[O-])c12. The fourth-order valence-electron chi connectivity index (χ4n) is 5.70. The summed E-state index contributed by atoms with van der Waals surface area (Å²) in [6.07, 6.45) is -1.99. The number of aromatic carboxylic acids is 1. The topological polar surface area (TPSA) is 103 Å². The summed E-state index contributed by atoms with van der Waals surface area (Å²) >= 11 is 0. The third-order valence-electron chi connectivity index (χ3n) is 7.64. The van der Waals surface area contributed by atoms with Crippen LogP contribution in [0, 0.1) is 0 Å². The molecule has 12 heteroatoms. The van der Waals surface area contributed by atoms with Crippen molar-refractivity contribution in [1.82, 2.24) is 14.8 Å². The molecule has 0 aliphatic carbocycles. The largest absolute Gasteiger partial charge is 0.545 e. The van der Waals surface area contributed by atoms with E-state index in [0.29, 0.717) is 32.3 Å². The van der Waals surface area contributed by atoms with Gasteiger partial charge in [-0.25, -0.2) is 13.4 Å². The van der Waals surface area contributed by atoms with E-state index in [2.05, 4.69) is 9.88 Å². The highest BCUT2D eigenvalue weighted by molar-refractivity contribution is 7.91. The molecule has 2 aliphatic rings. The van der Waals surface area contributed by atoms with Crippen LogP contribution in [-0.2, 0) is 27.3 Å². The second-order valence-corrected chi connectivity index (χ2v) is 12.2. The number of pyridine rings is 1. The molecular weight excluding hydrogens is 547 g/mol. The summed E-state index contributed by atoms with van der Waals surface area (Å²) in [7, 11) is -3.87. The summed E-state index contributed by atoms with van der Waals surface area (Å²) in [5, 5.41) is 12.6. The van der Waals surface area contributed by atoms with Crippen molar-refractivity contribution in [2.45, 2.75) is 36.5 Å².